The highest BCUT2D eigenvalue weighted by Gasteiger charge is 2.19. The minimum absolute atomic E-state index is 0.511. The van der Waals surface area contributed by atoms with Crippen LogP contribution in [0.25, 0.3) is 11.4 Å². The van der Waals surface area contributed by atoms with E-state index in [1.807, 2.05) is 12.1 Å². The molecule has 1 aromatic heterocycles. The van der Waals surface area contributed by atoms with Gasteiger partial charge in [-0.1, -0.05) is 29.3 Å². The standard InChI is InChI=1S/C16H17Cl2N3/c1-2-19-15-10-6-3-4-9-13(10)20-16(21-15)11-7-5-8-12(17)14(11)18/h5,7-8H,2-4,6,9H2,1H3,(H,19,20,21). The lowest BCUT2D eigenvalue weighted by molar-refractivity contribution is 0.665. The zero-order valence-electron chi connectivity index (χ0n) is 11.9. The van der Waals surface area contributed by atoms with Crippen LogP contribution in [0.3, 0.4) is 0 Å². The number of hydrogen-bond acceptors (Lipinski definition) is 3. The van der Waals surface area contributed by atoms with Crippen LogP contribution in [0, 0.1) is 0 Å². The molecule has 0 amide bonds. The summed E-state index contributed by atoms with van der Waals surface area (Å²) in [6, 6.07) is 5.56. The van der Waals surface area contributed by atoms with Gasteiger partial charge in [0.05, 0.1) is 10.0 Å². The van der Waals surface area contributed by atoms with Gasteiger partial charge in [-0.2, -0.15) is 0 Å². The van der Waals surface area contributed by atoms with Gasteiger partial charge in [-0.05, 0) is 44.7 Å². The molecule has 0 unspecified atom stereocenters. The van der Waals surface area contributed by atoms with Crippen LogP contribution in [0.15, 0.2) is 18.2 Å². The van der Waals surface area contributed by atoms with Gasteiger partial charge in [0.15, 0.2) is 5.82 Å². The molecule has 0 saturated carbocycles. The predicted octanol–water partition coefficient (Wildman–Crippen LogP) is 4.76. The molecule has 0 bridgehead atoms. The van der Waals surface area contributed by atoms with Crippen LogP contribution in [0.1, 0.15) is 31.0 Å². The lowest BCUT2D eigenvalue weighted by Crippen LogP contribution is -2.13. The van der Waals surface area contributed by atoms with Gasteiger partial charge in [-0.15, -0.1) is 0 Å². The molecule has 1 aromatic carbocycles. The highest BCUT2D eigenvalue weighted by atomic mass is 35.5. The third-order valence-electron chi connectivity index (χ3n) is 3.72. The Hall–Kier alpha value is -1.32. The van der Waals surface area contributed by atoms with Gasteiger partial charge in [0, 0.05) is 23.4 Å². The topological polar surface area (TPSA) is 37.8 Å². The van der Waals surface area contributed by atoms with Crippen molar-refractivity contribution in [1.82, 2.24) is 9.97 Å². The first-order chi connectivity index (χ1) is 10.2. The van der Waals surface area contributed by atoms with E-state index in [1.165, 1.54) is 18.4 Å². The minimum Gasteiger partial charge on any atom is -0.370 e. The zero-order chi connectivity index (χ0) is 14.8. The molecule has 0 spiro atoms. The van der Waals surface area contributed by atoms with Gasteiger partial charge in [0.2, 0.25) is 0 Å². The molecule has 0 radical (unpaired) electrons. The smallest absolute Gasteiger partial charge is 0.163 e. The second-order valence-corrected chi connectivity index (χ2v) is 5.95. The SMILES string of the molecule is CCNc1nc(-c2cccc(Cl)c2Cl)nc2c1CCCC2. The molecule has 1 N–H and O–H groups in total. The molecular weight excluding hydrogens is 305 g/mol. The first-order valence-electron chi connectivity index (χ1n) is 7.28. The number of nitrogens with zero attached hydrogens (tertiary/aromatic N) is 2. The molecule has 110 valence electrons. The molecule has 2 aromatic rings. The monoisotopic (exact) mass is 321 g/mol. The summed E-state index contributed by atoms with van der Waals surface area (Å²) in [5, 5.41) is 4.39. The van der Waals surface area contributed by atoms with Crippen LogP contribution in [0.2, 0.25) is 10.0 Å². The fourth-order valence-electron chi connectivity index (χ4n) is 2.70. The molecule has 1 heterocycles. The van der Waals surface area contributed by atoms with Gasteiger partial charge in [-0.3, -0.25) is 0 Å². The van der Waals surface area contributed by atoms with Crippen LogP contribution in [-0.2, 0) is 12.8 Å². The predicted molar refractivity (Wildman–Crippen MR) is 88.3 cm³/mol. The largest absolute Gasteiger partial charge is 0.370 e. The average Bonchev–Trinajstić information content (AvgIpc) is 2.50. The van der Waals surface area contributed by atoms with Crippen molar-refractivity contribution < 1.29 is 0 Å². The molecule has 0 saturated heterocycles. The van der Waals surface area contributed by atoms with Crippen molar-refractivity contribution in [2.75, 3.05) is 11.9 Å². The molecular formula is C16H17Cl2N3. The van der Waals surface area contributed by atoms with E-state index in [4.69, 9.17) is 28.2 Å². The van der Waals surface area contributed by atoms with Crippen LogP contribution in [0.4, 0.5) is 5.82 Å². The number of fused-ring (bicyclic) bond motifs is 1. The third kappa shape index (κ3) is 2.85. The van der Waals surface area contributed by atoms with E-state index in [2.05, 4.69) is 17.2 Å². The first kappa shape index (κ1) is 14.6. The normalized spacial score (nSPS) is 13.9. The maximum atomic E-state index is 6.31. The Morgan fingerprint density at radius 1 is 1.14 bits per heavy atom. The van der Waals surface area contributed by atoms with Gasteiger partial charge in [0.25, 0.3) is 0 Å². The molecule has 1 aliphatic rings. The number of aromatic nitrogens is 2. The van der Waals surface area contributed by atoms with Gasteiger partial charge >= 0.3 is 0 Å². The molecule has 0 atom stereocenters. The minimum atomic E-state index is 0.511. The summed E-state index contributed by atoms with van der Waals surface area (Å²) in [7, 11) is 0. The van der Waals surface area contributed by atoms with Crippen molar-refractivity contribution >= 4 is 29.0 Å². The van der Waals surface area contributed by atoms with Crippen molar-refractivity contribution in [3.05, 3.63) is 39.5 Å². The Morgan fingerprint density at radius 3 is 2.76 bits per heavy atom. The van der Waals surface area contributed by atoms with E-state index in [0.717, 1.165) is 36.5 Å². The van der Waals surface area contributed by atoms with E-state index in [9.17, 15) is 0 Å². The number of rotatable bonds is 3. The summed E-state index contributed by atoms with van der Waals surface area (Å²) >= 11 is 12.4. The van der Waals surface area contributed by atoms with Gasteiger partial charge < -0.3 is 5.32 Å². The Bertz CT molecular complexity index is 671. The molecule has 0 fully saturated rings. The summed E-state index contributed by atoms with van der Waals surface area (Å²) in [5.41, 5.74) is 3.18. The Labute approximate surface area is 134 Å². The zero-order valence-corrected chi connectivity index (χ0v) is 13.4. The van der Waals surface area contributed by atoms with E-state index >= 15 is 0 Å². The summed E-state index contributed by atoms with van der Waals surface area (Å²) in [4.78, 5) is 9.42. The highest BCUT2D eigenvalue weighted by Crippen LogP contribution is 2.34. The highest BCUT2D eigenvalue weighted by molar-refractivity contribution is 6.43. The lowest BCUT2D eigenvalue weighted by Gasteiger charge is -2.19. The van der Waals surface area contributed by atoms with Gasteiger partial charge in [0.1, 0.15) is 5.82 Å². The van der Waals surface area contributed by atoms with Crippen LogP contribution in [0.5, 0.6) is 0 Å². The molecule has 3 nitrogen and oxygen atoms in total. The van der Waals surface area contributed by atoms with Crippen LogP contribution >= 0.6 is 23.2 Å². The van der Waals surface area contributed by atoms with Crippen molar-refractivity contribution in [3.63, 3.8) is 0 Å². The fraction of sp³-hybridized carbons (Fsp3) is 0.375. The number of hydrogen-bond donors (Lipinski definition) is 1. The average molecular weight is 322 g/mol. The second-order valence-electron chi connectivity index (χ2n) is 5.16. The molecule has 0 aliphatic heterocycles. The number of benzene rings is 1. The summed E-state index contributed by atoms with van der Waals surface area (Å²) in [5.74, 6) is 1.59. The van der Waals surface area contributed by atoms with E-state index in [0.29, 0.717) is 15.9 Å². The number of anilines is 1. The Balaban J connectivity index is 2.14. The summed E-state index contributed by atoms with van der Waals surface area (Å²) in [6.07, 6.45) is 4.42. The van der Waals surface area contributed by atoms with Crippen molar-refractivity contribution in [2.24, 2.45) is 0 Å². The quantitative estimate of drug-likeness (QED) is 0.885. The summed E-state index contributed by atoms with van der Waals surface area (Å²) in [6.45, 7) is 2.91. The van der Waals surface area contributed by atoms with Crippen molar-refractivity contribution in [3.8, 4) is 11.4 Å². The molecule has 5 heteroatoms. The first-order valence-corrected chi connectivity index (χ1v) is 8.04. The number of halogens is 2. The van der Waals surface area contributed by atoms with Crippen molar-refractivity contribution in [1.29, 1.82) is 0 Å². The second kappa shape index (κ2) is 6.20. The summed E-state index contributed by atoms with van der Waals surface area (Å²) < 4.78 is 0. The third-order valence-corrected chi connectivity index (χ3v) is 4.54. The van der Waals surface area contributed by atoms with E-state index in [1.54, 1.807) is 6.07 Å². The van der Waals surface area contributed by atoms with Crippen molar-refractivity contribution in [2.45, 2.75) is 32.6 Å². The van der Waals surface area contributed by atoms with E-state index in [-0.39, 0.29) is 0 Å². The molecule has 1 aliphatic carbocycles. The fourth-order valence-corrected chi connectivity index (χ4v) is 3.09. The lowest BCUT2D eigenvalue weighted by atomic mass is 9.96. The number of nitrogens with one attached hydrogen (secondary N) is 1. The molecule has 3 rings (SSSR count). The van der Waals surface area contributed by atoms with Crippen LogP contribution < -0.4 is 5.32 Å². The Kier molecular flexibility index (Phi) is 4.32. The maximum absolute atomic E-state index is 6.31. The molecule has 21 heavy (non-hydrogen) atoms. The maximum Gasteiger partial charge on any atom is 0.163 e. The van der Waals surface area contributed by atoms with Gasteiger partial charge in [-0.25, -0.2) is 9.97 Å². The van der Waals surface area contributed by atoms with Crippen LogP contribution in [-0.4, -0.2) is 16.5 Å². The van der Waals surface area contributed by atoms with E-state index < -0.39 is 0 Å². The number of aryl methyl sites for hydroxylation is 1. The Morgan fingerprint density at radius 2 is 1.95 bits per heavy atom.